The quantitative estimate of drug-likeness (QED) is 0.655. The molecule has 0 saturated carbocycles. The Kier molecular flexibility index (Phi) is 4.98. The molecule has 2 aromatic rings. The van der Waals surface area contributed by atoms with E-state index in [0.717, 1.165) is 35.7 Å². The molecule has 0 radical (unpaired) electrons. The van der Waals surface area contributed by atoms with Crippen LogP contribution in [0.15, 0.2) is 40.0 Å². The number of rotatable bonds is 4. The molecule has 120 valence electrons. The van der Waals surface area contributed by atoms with Gasteiger partial charge in [0.1, 0.15) is 10.7 Å². The summed E-state index contributed by atoms with van der Waals surface area (Å²) in [5.74, 6) is 0.798. The van der Waals surface area contributed by atoms with Crippen molar-refractivity contribution in [3.63, 3.8) is 0 Å². The minimum absolute atomic E-state index is 0.626. The van der Waals surface area contributed by atoms with Crippen molar-refractivity contribution in [2.75, 3.05) is 18.4 Å². The van der Waals surface area contributed by atoms with Gasteiger partial charge in [-0.1, -0.05) is 23.8 Å². The fraction of sp³-hybridized carbons (Fsp3) is 0.294. The van der Waals surface area contributed by atoms with Crippen LogP contribution >= 0.6 is 23.8 Å². The van der Waals surface area contributed by atoms with Crippen molar-refractivity contribution in [3.05, 3.63) is 52.4 Å². The van der Waals surface area contributed by atoms with Crippen LogP contribution in [0.2, 0.25) is 5.02 Å². The topological polar surface area (TPSA) is 40.8 Å². The molecule has 1 fully saturated rings. The van der Waals surface area contributed by atoms with Gasteiger partial charge in [-0.3, -0.25) is 5.01 Å². The fourth-order valence-corrected chi connectivity index (χ4v) is 3.00. The average Bonchev–Trinajstić information content (AvgIpc) is 3.19. The fourth-order valence-electron chi connectivity index (χ4n) is 2.50. The number of hydrogen-bond acceptors (Lipinski definition) is 4. The predicted molar refractivity (Wildman–Crippen MR) is 98.6 cm³/mol. The molecule has 0 amide bonds. The number of benzene rings is 1. The van der Waals surface area contributed by atoms with Crippen LogP contribution in [0.25, 0.3) is 0 Å². The summed E-state index contributed by atoms with van der Waals surface area (Å²) in [6.07, 6.45) is 5.84. The predicted octanol–water partition coefficient (Wildman–Crippen LogP) is 4.46. The molecular weight excluding hydrogens is 330 g/mol. The Labute approximate surface area is 146 Å². The molecule has 1 saturated heterocycles. The smallest absolute Gasteiger partial charge is 0.114 e. The Morgan fingerprint density at radius 1 is 1.35 bits per heavy atom. The van der Waals surface area contributed by atoms with Crippen molar-refractivity contribution in [1.82, 2.24) is 5.01 Å². The van der Waals surface area contributed by atoms with Crippen LogP contribution in [0.4, 0.5) is 5.69 Å². The van der Waals surface area contributed by atoms with E-state index in [1.165, 1.54) is 12.8 Å². The van der Waals surface area contributed by atoms with Crippen LogP contribution < -0.4 is 5.32 Å². The number of hydrogen-bond donors (Lipinski definition) is 1. The van der Waals surface area contributed by atoms with Gasteiger partial charge in [0.15, 0.2) is 0 Å². The third kappa shape index (κ3) is 3.92. The summed E-state index contributed by atoms with van der Waals surface area (Å²) in [4.78, 5) is 0.626. The molecule has 0 spiro atoms. The minimum atomic E-state index is 0.626. The van der Waals surface area contributed by atoms with Gasteiger partial charge in [0, 0.05) is 29.4 Å². The molecule has 0 unspecified atom stereocenters. The summed E-state index contributed by atoms with van der Waals surface area (Å²) in [5.41, 5.74) is 2.64. The molecule has 1 aliphatic heterocycles. The normalized spacial score (nSPS) is 14.6. The summed E-state index contributed by atoms with van der Waals surface area (Å²) in [5, 5.41) is 10.4. The maximum absolute atomic E-state index is 6.26. The third-order valence-electron chi connectivity index (χ3n) is 3.80. The molecule has 1 N–H and O–H groups in total. The van der Waals surface area contributed by atoms with Crippen molar-refractivity contribution >= 4 is 40.7 Å². The van der Waals surface area contributed by atoms with E-state index in [2.05, 4.69) is 15.4 Å². The average molecular weight is 348 g/mol. The first kappa shape index (κ1) is 16.0. The summed E-state index contributed by atoms with van der Waals surface area (Å²) in [6, 6.07) is 7.55. The van der Waals surface area contributed by atoms with E-state index in [0.29, 0.717) is 10.0 Å². The van der Waals surface area contributed by atoms with Gasteiger partial charge in [-0.2, -0.15) is 5.10 Å². The van der Waals surface area contributed by atoms with Crippen LogP contribution in [-0.4, -0.2) is 29.3 Å². The highest BCUT2D eigenvalue weighted by molar-refractivity contribution is 7.81. The Balaban J connectivity index is 1.74. The number of hydrazone groups is 1. The number of furan rings is 1. The van der Waals surface area contributed by atoms with Crippen LogP contribution in [0.3, 0.4) is 0 Å². The number of aryl methyl sites for hydroxylation is 1. The molecule has 1 aliphatic rings. The van der Waals surface area contributed by atoms with Crippen LogP contribution in [0.1, 0.15) is 29.7 Å². The maximum atomic E-state index is 6.26. The Morgan fingerprint density at radius 3 is 2.83 bits per heavy atom. The lowest BCUT2D eigenvalue weighted by atomic mass is 10.2. The molecule has 3 rings (SSSR count). The molecule has 2 heterocycles. The molecule has 4 nitrogen and oxygen atoms in total. The molecule has 23 heavy (non-hydrogen) atoms. The van der Waals surface area contributed by atoms with Crippen molar-refractivity contribution in [2.45, 2.75) is 19.8 Å². The first-order valence-electron chi connectivity index (χ1n) is 7.57. The van der Waals surface area contributed by atoms with E-state index in [-0.39, 0.29) is 0 Å². The second kappa shape index (κ2) is 7.15. The second-order valence-corrected chi connectivity index (χ2v) is 6.30. The minimum Gasteiger partial charge on any atom is -0.469 e. The second-order valence-electron chi connectivity index (χ2n) is 5.49. The lowest BCUT2D eigenvalue weighted by Gasteiger charge is -2.11. The third-order valence-corrected chi connectivity index (χ3v) is 4.47. The van der Waals surface area contributed by atoms with Crippen molar-refractivity contribution in [3.8, 4) is 0 Å². The van der Waals surface area contributed by atoms with E-state index in [4.69, 9.17) is 28.2 Å². The van der Waals surface area contributed by atoms with Crippen molar-refractivity contribution in [2.24, 2.45) is 5.10 Å². The number of anilines is 1. The lowest BCUT2D eigenvalue weighted by molar-refractivity contribution is 0.362. The first-order valence-corrected chi connectivity index (χ1v) is 8.36. The van der Waals surface area contributed by atoms with Gasteiger partial charge in [-0.25, -0.2) is 0 Å². The zero-order chi connectivity index (χ0) is 16.2. The number of halogens is 1. The molecule has 1 aromatic heterocycles. The number of nitrogens with one attached hydrogen (secondary N) is 1. The summed E-state index contributed by atoms with van der Waals surface area (Å²) in [7, 11) is 0. The lowest BCUT2D eigenvalue weighted by Crippen LogP contribution is -2.12. The first-order chi connectivity index (χ1) is 11.1. The van der Waals surface area contributed by atoms with Crippen molar-refractivity contribution < 1.29 is 4.42 Å². The van der Waals surface area contributed by atoms with Crippen LogP contribution in [0.5, 0.6) is 0 Å². The van der Waals surface area contributed by atoms with E-state index < -0.39 is 0 Å². The van der Waals surface area contributed by atoms with E-state index in [1.54, 1.807) is 6.26 Å². The monoisotopic (exact) mass is 347 g/mol. The number of thiocarbonyl (C=S) groups is 1. The molecular formula is C17H18ClN3OS. The van der Waals surface area contributed by atoms with Gasteiger partial charge < -0.3 is 9.73 Å². The zero-order valence-electron chi connectivity index (χ0n) is 12.9. The molecule has 6 heteroatoms. The SMILES string of the molecule is Cc1occc1C(=S)Nc1ccc(Cl)c(/C=N/N2CCCC2)c1. The molecule has 0 aliphatic carbocycles. The maximum Gasteiger partial charge on any atom is 0.114 e. The van der Waals surface area contributed by atoms with Gasteiger partial charge in [-0.15, -0.1) is 0 Å². The molecule has 0 atom stereocenters. The van der Waals surface area contributed by atoms with E-state index >= 15 is 0 Å². The van der Waals surface area contributed by atoms with Gasteiger partial charge in [0.2, 0.25) is 0 Å². The Hall–Kier alpha value is -1.85. The van der Waals surface area contributed by atoms with Gasteiger partial charge in [0.05, 0.1) is 18.0 Å². The van der Waals surface area contributed by atoms with E-state index in [1.807, 2.05) is 37.4 Å². The van der Waals surface area contributed by atoms with Crippen LogP contribution in [0, 0.1) is 6.92 Å². The highest BCUT2D eigenvalue weighted by atomic mass is 35.5. The summed E-state index contributed by atoms with van der Waals surface area (Å²) < 4.78 is 5.29. The van der Waals surface area contributed by atoms with Gasteiger partial charge >= 0.3 is 0 Å². The standard InChI is InChI=1S/C17H18ClN3OS/c1-12-15(6-9-22-12)17(23)20-14-4-5-16(18)13(10-14)11-19-21-7-2-3-8-21/h4-6,9-11H,2-3,7-8H2,1H3,(H,20,23)/b19-11+. The highest BCUT2D eigenvalue weighted by Crippen LogP contribution is 2.21. The Morgan fingerprint density at radius 2 is 2.13 bits per heavy atom. The largest absolute Gasteiger partial charge is 0.469 e. The molecule has 0 bridgehead atoms. The van der Waals surface area contributed by atoms with Gasteiger partial charge in [0.25, 0.3) is 0 Å². The number of nitrogens with zero attached hydrogens (tertiary/aromatic N) is 2. The zero-order valence-corrected chi connectivity index (χ0v) is 14.5. The molecule has 1 aromatic carbocycles. The van der Waals surface area contributed by atoms with E-state index in [9.17, 15) is 0 Å². The highest BCUT2D eigenvalue weighted by Gasteiger charge is 2.10. The summed E-state index contributed by atoms with van der Waals surface area (Å²) >= 11 is 11.7. The van der Waals surface area contributed by atoms with Crippen LogP contribution in [-0.2, 0) is 0 Å². The Bertz CT molecular complexity index is 735. The van der Waals surface area contributed by atoms with Crippen molar-refractivity contribution in [1.29, 1.82) is 0 Å². The van der Waals surface area contributed by atoms with Gasteiger partial charge in [-0.05, 0) is 44.0 Å². The summed E-state index contributed by atoms with van der Waals surface area (Å²) in [6.45, 7) is 3.91.